The van der Waals surface area contributed by atoms with E-state index < -0.39 is 11.9 Å². The van der Waals surface area contributed by atoms with Crippen LogP contribution in [0.5, 0.6) is 0 Å². The van der Waals surface area contributed by atoms with E-state index in [9.17, 15) is 19.2 Å². The summed E-state index contributed by atoms with van der Waals surface area (Å²) < 4.78 is 9.45. The van der Waals surface area contributed by atoms with E-state index in [1.807, 2.05) is 35.2 Å². The summed E-state index contributed by atoms with van der Waals surface area (Å²) in [5.41, 5.74) is 1.25. The SMILES string of the molecule is COC(=O)c1cc(NC(=O)N2CCCN(CC(=O)Nc3ccccc3)CC2)cc(C(=O)OC)c1. The van der Waals surface area contributed by atoms with Crippen LogP contribution in [0, 0.1) is 0 Å². The average Bonchev–Trinajstić information content (AvgIpc) is 3.08. The number of urea groups is 1. The van der Waals surface area contributed by atoms with Gasteiger partial charge < -0.3 is 25.0 Å². The van der Waals surface area contributed by atoms with E-state index in [2.05, 4.69) is 10.6 Å². The third kappa shape index (κ3) is 6.79. The van der Waals surface area contributed by atoms with Crippen LogP contribution in [0.15, 0.2) is 48.5 Å². The van der Waals surface area contributed by atoms with Gasteiger partial charge in [0.05, 0.1) is 31.9 Å². The predicted octanol–water partition coefficient (Wildman–Crippen LogP) is 2.44. The lowest BCUT2D eigenvalue weighted by molar-refractivity contribution is -0.117. The summed E-state index contributed by atoms with van der Waals surface area (Å²) in [4.78, 5) is 52.8. The summed E-state index contributed by atoms with van der Waals surface area (Å²) in [6.45, 7) is 2.36. The fourth-order valence-corrected chi connectivity index (χ4v) is 3.63. The summed E-state index contributed by atoms with van der Waals surface area (Å²) >= 11 is 0. The normalized spacial score (nSPS) is 14.0. The van der Waals surface area contributed by atoms with Crippen molar-refractivity contribution in [1.82, 2.24) is 9.80 Å². The fraction of sp³-hybridized carbons (Fsp3) is 0.333. The Hall–Kier alpha value is -3.92. The fourth-order valence-electron chi connectivity index (χ4n) is 3.63. The van der Waals surface area contributed by atoms with Crippen LogP contribution in [0.4, 0.5) is 16.2 Å². The van der Waals surface area contributed by atoms with E-state index in [-0.39, 0.29) is 35.3 Å². The quantitative estimate of drug-likeness (QED) is 0.626. The number of methoxy groups -OCH3 is 2. The number of ether oxygens (including phenoxy) is 2. The number of benzene rings is 2. The van der Waals surface area contributed by atoms with Gasteiger partial charge in [0, 0.05) is 37.6 Å². The molecule has 2 N–H and O–H groups in total. The highest BCUT2D eigenvalue weighted by Crippen LogP contribution is 2.18. The van der Waals surface area contributed by atoms with Crippen molar-refractivity contribution in [2.24, 2.45) is 0 Å². The van der Waals surface area contributed by atoms with Gasteiger partial charge in [-0.1, -0.05) is 18.2 Å². The maximum atomic E-state index is 12.9. The van der Waals surface area contributed by atoms with Crippen LogP contribution < -0.4 is 10.6 Å². The molecule has 1 heterocycles. The van der Waals surface area contributed by atoms with Crippen molar-refractivity contribution in [3.8, 4) is 0 Å². The molecule has 1 aliphatic rings. The van der Waals surface area contributed by atoms with Gasteiger partial charge in [0.15, 0.2) is 0 Å². The number of rotatable bonds is 6. The largest absolute Gasteiger partial charge is 0.465 e. The van der Waals surface area contributed by atoms with Crippen LogP contribution >= 0.6 is 0 Å². The monoisotopic (exact) mass is 468 g/mol. The summed E-state index contributed by atoms with van der Waals surface area (Å²) in [5, 5.41) is 5.61. The van der Waals surface area contributed by atoms with Gasteiger partial charge in [-0.2, -0.15) is 0 Å². The molecule has 2 aromatic carbocycles. The summed E-state index contributed by atoms with van der Waals surface area (Å²) in [5.74, 6) is -1.39. The first kappa shape index (κ1) is 24.7. The molecular formula is C24H28N4O6. The maximum Gasteiger partial charge on any atom is 0.337 e. The van der Waals surface area contributed by atoms with Gasteiger partial charge in [-0.15, -0.1) is 0 Å². The Morgan fingerprint density at radius 2 is 1.44 bits per heavy atom. The minimum atomic E-state index is -0.638. The predicted molar refractivity (Wildman–Crippen MR) is 126 cm³/mol. The van der Waals surface area contributed by atoms with Gasteiger partial charge in [0.25, 0.3) is 0 Å². The smallest absolute Gasteiger partial charge is 0.337 e. The Kier molecular flexibility index (Phi) is 8.58. The molecule has 2 aromatic rings. The summed E-state index contributed by atoms with van der Waals surface area (Å²) in [6, 6.07) is 13.1. The number of para-hydroxylation sites is 1. The molecule has 3 amide bonds. The van der Waals surface area contributed by atoms with Gasteiger partial charge in [-0.05, 0) is 36.8 Å². The van der Waals surface area contributed by atoms with E-state index in [0.717, 1.165) is 5.69 Å². The van der Waals surface area contributed by atoms with Crippen LogP contribution in [0.1, 0.15) is 27.1 Å². The molecule has 0 radical (unpaired) electrons. The third-order valence-electron chi connectivity index (χ3n) is 5.33. The lowest BCUT2D eigenvalue weighted by Gasteiger charge is -2.22. The molecule has 34 heavy (non-hydrogen) atoms. The van der Waals surface area contributed by atoms with Crippen molar-refractivity contribution >= 4 is 35.3 Å². The summed E-state index contributed by atoms with van der Waals surface area (Å²) in [6.07, 6.45) is 0.696. The summed E-state index contributed by atoms with van der Waals surface area (Å²) in [7, 11) is 2.46. The Morgan fingerprint density at radius 3 is 2.06 bits per heavy atom. The number of hydrogen-bond donors (Lipinski definition) is 2. The lowest BCUT2D eigenvalue weighted by Crippen LogP contribution is -2.39. The molecule has 0 aromatic heterocycles. The first-order valence-electron chi connectivity index (χ1n) is 10.8. The Labute approximate surface area is 197 Å². The van der Waals surface area contributed by atoms with Crippen molar-refractivity contribution < 1.29 is 28.7 Å². The van der Waals surface area contributed by atoms with Crippen LogP contribution in [0.3, 0.4) is 0 Å². The van der Waals surface area contributed by atoms with Crippen molar-refractivity contribution in [2.75, 3.05) is 57.6 Å². The molecule has 180 valence electrons. The van der Waals surface area contributed by atoms with Gasteiger partial charge in [0.2, 0.25) is 5.91 Å². The number of nitrogens with one attached hydrogen (secondary N) is 2. The number of esters is 2. The van der Waals surface area contributed by atoms with Gasteiger partial charge in [-0.3, -0.25) is 9.69 Å². The molecule has 10 nitrogen and oxygen atoms in total. The highest BCUT2D eigenvalue weighted by molar-refractivity contribution is 5.99. The molecule has 1 aliphatic heterocycles. The second-order valence-electron chi connectivity index (χ2n) is 7.74. The standard InChI is InChI=1S/C24H28N4O6/c1-33-22(30)17-13-18(23(31)34-2)15-20(14-17)26-24(32)28-10-6-9-27(11-12-28)16-21(29)25-19-7-4-3-5-8-19/h3-5,7-8,13-15H,6,9-12,16H2,1-2H3,(H,25,29)(H,26,32). The number of carbonyl (C=O) groups is 4. The molecule has 0 atom stereocenters. The third-order valence-corrected chi connectivity index (χ3v) is 5.33. The van der Waals surface area contributed by atoms with E-state index in [4.69, 9.17) is 9.47 Å². The first-order chi connectivity index (χ1) is 16.4. The number of amides is 3. The van der Waals surface area contributed by atoms with Crippen LogP contribution in [0.2, 0.25) is 0 Å². The van der Waals surface area contributed by atoms with Crippen molar-refractivity contribution in [3.05, 3.63) is 59.7 Å². The minimum absolute atomic E-state index is 0.112. The average molecular weight is 469 g/mol. The van der Waals surface area contributed by atoms with E-state index >= 15 is 0 Å². The molecule has 0 bridgehead atoms. The molecular weight excluding hydrogens is 440 g/mol. The van der Waals surface area contributed by atoms with E-state index in [1.54, 1.807) is 4.90 Å². The lowest BCUT2D eigenvalue weighted by atomic mass is 10.1. The Balaban J connectivity index is 1.60. The van der Waals surface area contributed by atoms with Crippen molar-refractivity contribution in [3.63, 3.8) is 0 Å². The zero-order valence-corrected chi connectivity index (χ0v) is 19.2. The van der Waals surface area contributed by atoms with Crippen LogP contribution in [-0.2, 0) is 14.3 Å². The molecule has 1 fully saturated rings. The highest BCUT2D eigenvalue weighted by atomic mass is 16.5. The van der Waals surface area contributed by atoms with Gasteiger partial charge >= 0.3 is 18.0 Å². The second kappa shape index (κ2) is 11.8. The number of hydrogen-bond acceptors (Lipinski definition) is 7. The minimum Gasteiger partial charge on any atom is -0.465 e. The zero-order valence-electron chi connectivity index (χ0n) is 19.2. The van der Waals surface area contributed by atoms with Crippen molar-refractivity contribution in [1.29, 1.82) is 0 Å². The number of anilines is 2. The number of carbonyl (C=O) groups excluding carboxylic acids is 4. The molecule has 0 unspecified atom stereocenters. The maximum absolute atomic E-state index is 12.9. The molecule has 3 rings (SSSR count). The molecule has 10 heteroatoms. The van der Waals surface area contributed by atoms with E-state index in [0.29, 0.717) is 32.6 Å². The topological polar surface area (TPSA) is 117 Å². The first-order valence-corrected chi connectivity index (χ1v) is 10.8. The number of nitrogens with zero attached hydrogens (tertiary/aromatic N) is 2. The Morgan fingerprint density at radius 1 is 0.794 bits per heavy atom. The Bertz CT molecular complexity index is 1010. The van der Waals surface area contributed by atoms with E-state index in [1.165, 1.54) is 32.4 Å². The molecule has 0 aliphatic carbocycles. The zero-order chi connectivity index (χ0) is 24.5. The molecule has 1 saturated heterocycles. The highest BCUT2D eigenvalue weighted by Gasteiger charge is 2.22. The van der Waals surface area contributed by atoms with Gasteiger partial charge in [-0.25, -0.2) is 14.4 Å². The van der Waals surface area contributed by atoms with Gasteiger partial charge in [0.1, 0.15) is 0 Å². The van der Waals surface area contributed by atoms with Crippen LogP contribution in [-0.4, -0.2) is 80.6 Å². The second-order valence-corrected chi connectivity index (χ2v) is 7.74. The molecule has 0 spiro atoms. The molecule has 0 saturated carbocycles. The van der Waals surface area contributed by atoms with Crippen molar-refractivity contribution in [2.45, 2.75) is 6.42 Å². The van der Waals surface area contributed by atoms with Crippen LogP contribution in [0.25, 0.3) is 0 Å².